The van der Waals surface area contributed by atoms with Gasteiger partial charge in [0, 0.05) is 0 Å². The molecule has 4 atom stereocenters. The van der Waals surface area contributed by atoms with E-state index in [0.717, 1.165) is 18.1 Å². The molecule has 0 aromatic carbocycles. The van der Waals surface area contributed by atoms with E-state index in [-0.39, 0.29) is 24.6 Å². The van der Waals surface area contributed by atoms with E-state index in [1.54, 1.807) is 0 Å². The molecule has 0 N–H and O–H groups in total. The summed E-state index contributed by atoms with van der Waals surface area (Å²) in [6.07, 6.45) is 0.194. The van der Waals surface area contributed by atoms with Crippen LogP contribution in [0.25, 0.3) is 0 Å². The lowest BCUT2D eigenvalue weighted by Crippen LogP contribution is -2.55. The summed E-state index contributed by atoms with van der Waals surface area (Å²) in [6.45, 7) is 14.3. The number of ether oxygens (including phenoxy) is 2. The highest BCUT2D eigenvalue weighted by Gasteiger charge is 2.57. The van der Waals surface area contributed by atoms with Crippen LogP contribution in [0.2, 0.25) is 36.3 Å². The van der Waals surface area contributed by atoms with Crippen LogP contribution in [0.5, 0.6) is 0 Å². The molecule has 6 heteroatoms. The summed E-state index contributed by atoms with van der Waals surface area (Å²) in [6, 6.07) is 6.99. The average Bonchev–Trinajstić information content (AvgIpc) is 3.39. The molecular weight excluding hydrogens is 324 g/mol. The van der Waals surface area contributed by atoms with Crippen LogP contribution < -0.4 is 0 Å². The topological polar surface area (TPSA) is 40.2 Å². The van der Waals surface area contributed by atoms with Crippen LogP contribution >= 0.6 is 0 Å². The van der Waals surface area contributed by atoms with Crippen LogP contribution in [0.3, 0.4) is 0 Å². The first-order valence-corrected chi connectivity index (χ1v) is 14.7. The highest BCUT2D eigenvalue weighted by Crippen LogP contribution is 2.40. The van der Waals surface area contributed by atoms with Crippen molar-refractivity contribution in [1.82, 2.24) is 0 Å². The van der Waals surface area contributed by atoms with Gasteiger partial charge in [0.15, 0.2) is 22.9 Å². The standard InChI is InChI=1S/C17H36O4Si2/c1-7-22(8-2,9-3)20-14-13-18-17-16(19-17)15(14)21-23(10-4,11-5)12-6/h14-17H,7-13H2,1-6H3/t14-,15-,16+,17+/m0/s1. The first kappa shape index (κ1) is 19.6. The third-order valence-electron chi connectivity index (χ3n) is 6.25. The van der Waals surface area contributed by atoms with Gasteiger partial charge < -0.3 is 18.3 Å². The smallest absolute Gasteiger partial charge is 0.192 e. The van der Waals surface area contributed by atoms with Crippen LogP contribution in [0.1, 0.15) is 41.5 Å². The van der Waals surface area contributed by atoms with E-state index >= 15 is 0 Å². The first-order chi connectivity index (χ1) is 11.0. The van der Waals surface area contributed by atoms with E-state index in [9.17, 15) is 0 Å². The Kier molecular flexibility index (Phi) is 6.90. The molecule has 0 saturated carbocycles. The number of hydrogen-bond donors (Lipinski definition) is 0. The van der Waals surface area contributed by atoms with Crippen LogP contribution in [-0.2, 0) is 18.3 Å². The van der Waals surface area contributed by atoms with Crippen molar-refractivity contribution in [2.45, 2.75) is 102 Å². The van der Waals surface area contributed by atoms with Crippen molar-refractivity contribution in [2.24, 2.45) is 0 Å². The van der Waals surface area contributed by atoms with E-state index in [1.807, 2.05) is 0 Å². The van der Waals surface area contributed by atoms with Crippen molar-refractivity contribution < 1.29 is 18.3 Å². The zero-order valence-corrected chi connectivity index (χ0v) is 17.9. The van der Waals surface area contributed by atoms with Crippen molar-refractivity contribution in [1.29, 1.82) is 0 Å². The molecule has 2 fully saturated rings. The van der Waals surface area contributed by atoms with Crippen LogP contribution in [-0.4, -0.2) is 47.8 Å². The van der Waals surface area contributed by atoms with Crippen LogP contribution in [0.4, 0.5) is 0 Å². The molecule has 2 aliphatic heterocycles. The summed E-state index contributed by atoms with van der Waals surface area (Å²) in [5.74, 6) is 0. The van der Waals surface area contributed by atoms with Gasteiger partial charge in [0.25, 0.3) is 0 Å². The van der Waals surface area contributed by atoms with Crippen molar-refractivity contribution in [3.8, 4) is 0 Å². The van der Waals surface area contributed by atoms with Crippen LogP contribution in [0.15, 0.2) is 0 Å². The zero-order valence-electron chi connectivity index (χ0n) is 15.9. The quantitative estimate of drug-likeness (QED) is 0.424. The molecule has 2 aliphatic rings. The summed E-state index contributed by atoms with van der Waals surface area (Å²) >= 11 is 0. The minimum absolute atomic E-state index is 0.0435. The second kappa shape index (κ2) is 8.10. The van der Waals surface area contributed by atoms with Gasteiger partial charge in [-0.15, -0.1) is 0 Å². The number of rotatable bonds is 10. The molecule has 0 radical (unpaired) electrons. The van der Waals surface area contributed by atoms with E-state index in [1.165, 1.54) is 18.1 Å². The Hall–Kier alpha value is 0.274. The molecule has 2 rings (SSSR count). The Bertz CT molecular complexity index is 355. The van der Waals surface area contributed by atoms with Gasteiger partial charge in [0.1, 0.15) is 12.2 Å². The van der Waals surface area contributed by atoms with E-state index in [0.29, 0.717) is 6.61 Å². The van der Waals surface area contributed by atoms with Gasteiger partial charge in [0.2, 0.25) is 0 Å². The van der Waals surface area contributed by atoms with Gasteiger partial charge in [-0.3, -0.25) is 0 Å². The summed E-state index contributed by atoms with van der Waals surface area (Å²) < 4.78 is 25.1. The van der Waals surface area contributed by atoms with Gasteiger partial charge in [-0.05, 0) is 36.3 Å². The zero-order chi connectivity index (χ0) is 17.1. The molecule has 0 spiro atoms. The SMILES string of the molecule is CC[Si](CC)(CC)O[C@@H]1[C@H]2O[C@H]2OC[C@@H]1O[Si](CC)(CC)CC. The molecule has 0 aromatic rings. The number of epoxide rings is 1. The fraction of sp³-hybridized carbons (Fsp3) is 1.00. The largest absolute Gasteiger partial charge is 0.409 e. The predicted molar refractivity (Wildman–Crippen MR) is 98.8 cm³/mol. The minimum Gasteiger partial charge on any atom is -0.409 e. The third kappa shape index (κ3) is 4.10. The lowest BCUT2D eigenvalue weighted by Gasteiger charge is -2.41. The molecule has 0 aliphatic carbocycles. The van der Waals surface area contributed by atoms with E-state index in [2.05, 4.69) is 41.5 Å². The Morgan fingerprint density at radius 2 is 1.26 bits per heavy atom. The Morgan fingerprint density at radius 1 is 0.783 bits per heavy atom. The van der Waals surface area contributed by atoms with Crippen molar-refractivity contribution >= 4 is 16.6 Å². The van der Waals surface area contributed by atoms with Crippen molar-refractivity contribution in [3.05, 3.63) is 0 Å². The fourth-order valence-electron chi connectivity index (χ4n) is 3.83. The maximum absolute atomic E-state index is 6.80. The monoisotopic (exact) mass is 360 g/mol. The Labute approximate surface area is 144 Å². The van der Waals surface area contributed by atoms with Gasteiger partial charge >= 0.3 is 0 Å². The van der Waals surface area contributed by atoms with Gasteiger partial charge in [-0.1, -0.05) is 41.5 Å². The Morgan fingerprint density at radius 3 is 1.74 bits per heavy atom. The third-order valence-corrected chi connectivity index (χ3v) is 15.6. The average molecular weight is 361 g/mol. The molecule has 0 unspecified atom stereocenters. The first-order valence-electron chi connectivity index (χ1n) is 9.65. The Balaban J connectivity index is 2.13. The lowest BCUT2D eigenvalue weighted by molar-refractivity contribution is -0.0652. The molecule has 4 nitrogen and oxygen atoms in total. The van der Waals surface area contributed by atoms with Crippen LogP contribution in [0, 0.1) is 0 Å². The second-order valence-electron chi connectivity index (χ2n) is 7.03. The molecule has 136 valence electrons. The summed E-state index contributed by atoms with van der Waals surface area (Å²) in [5.41, 5.74) is 0. The highest BCUT2D eigenvalue weighted by atomic mass is 28.4. The minimum atomic E-state index is -1.67. The van der Waals surface area contributed by atoms with E-state index < -0.39 is 16.6 Å². The number of fused-ring (bicyclic) bond motifs is 1. The molecular formula is C17H36O4Si2. The lowest BCUT2D eigenvalue weighted by atomic mass is 10.1. The van der Waals surface area contributed by atoms with Gasteiger partial charge in [-0.2, -0.15) is 0 Å². The summed E-state index contributed by atoms with van der Waals surface area (Å²) in [7, 11) is -3.33. The van der Waals surface area contributed by atoms with Gasteiger partial charge in [0.05, 0.1) is 12.7 Å². The molecule has 0 bridgehead atoms. The normalized spacial score (nSPS) is 31.0. The molecule has 23 heavy (non-hydrogen) atoms. The van der Waals surface area contributed by atoms with Crippen molar-refractivity contribution in [2.75, 3.05) is 6.61 Å². The maximum Gasteiger partial charge on any atom is 0.192 e. The van der Waals surface area contributed by atoms with Crippen molar-refractivity contribution in [3.63, 3.8) is 0 Å². The second-order valence-corrected chi connectivity index (χ2v) is 16.5. The number of hydrogen-bond acceptors (Lipinski definition) is 4. The molecule has 2 heterocycles. The molecule has 0 amide bonds. The molecule has 0 aromatic heterocycles. The van der Waals surface area contributed by atoms with Gasteiger partial charge in [-0.25, -0.2) is 0 Å². The summed E-state index contributed by atoms with van der Waals surface area (Å²) in [4.78, 5) is 0. The predicted octanol–water partition coefficient (Wildman–Crippen LogP) is 4.52. The summed E-state index contributed by atoms with van der Waals surface area (Å²) in [5, 5.41) is 0. The van der Waals surface area contributed by atoms with E-state index in [4.69, 9.17) is 18.3 Å². The maximum atomic E-state index is 6.80. The molecule has 2 saturated heterocycles. The highest BCUT2D eigenvalue weighted by molar-refractivity contribution is 6.74. The fourth-order valence-corrected chi connectivity index (χ4v) is 9.53.